The highest BCUT2D eigenvalue weighted by atomic mass is 16.5. The van der Waals surface area contributed by atoms with Crippen LogP contribution in [0, 0.1) is 0 Å². The van der Waals surface area contributed by atoms with Gasteiger partial charge >= 0.3 is 0 Å². The van der Waals surface area contributed by atoms with Crippen molar-refractivity contribution in [3.05, 3.63) is 35.9 Å². The maximum absolute atomic E-state index is 10.4. The molecule has 4 heteroatoms. The summed E-state index contributed by atoms with van der Waals surface area (Å²) in [6.07, 6.45) is 2.16. The van der Waals surface area contributed by atoms with Crippen LogP contribution in [0.25, 0.3) is 0 Å². The van der Waals surface area contributed by atoms with Gasteiger partial charge in [0.05, 0.1) is 19.3 Å². The summed E-state index contributed by atoms with van der Waals surface area (Å²) < 4.78 is 5.36. The molecule has 4 nitrogen and oxygen atoms in total. The van der Waals surface area contributed by atoms with Crippen molar-refractivity contribution in [1.29, 1.82) is 0 Å². The summed E-state index contributed by atoms with van der Waals surface area (Å²) >= 11 is 0. The number of aliphatic hydroxyl groups excluding tert-OH is 1. The lowest BCUT2D eigenvalue weighted by Gasteiger charge is -2.32. The zero-order valence-electron chi connectivity index (χ0n) is 12.7. The predicted octanol–water partition coefficient (Wildman–Crippen LogP) is 1.52. The van der Waals surface area contributed by atoms with E-state index in [-0.39, 0.29) is 6.10 Å². The van der Waals surface area contributed by atoms with E-state index >= 15 is 0 Å². The standard InChI is InChI=1S/C17H26N2O2/c20-16(13-18-9-11-21-12-10-18)14-19-8-4-7-17(19)15-5-2-1-3-6-15/h1-3,5-6,16-17,20H,4,7-14H2/t16-,17-/m0/s1. The van der Waals surface area contributed by atoms with E-state index in [0.29, 0.717) is 6.04 Å². The second-order valence-electron chi connectivity index (χ2n) is 6.13. The van der Waals surface area contributed by atoms with E-state index < -0.39 is 0 Å². The zero-order valence-corrected chi connectivity index (χ0v) is 12.7. The van der Waals surface area contributed by atoms with Crippen molar-refractivity contribution in [1.82, 2.24) is 9.80 Å². The number of hydrogen-bond acceptors (Lipinski definition) is 4. The number of morpholine rings is 1. The Kier molecular flexibility index (Phi) is 5.25. The Labute approximate surface area is 127 Å². The lowest BCUT2D eigenvalue weighted by atomic mass is 10.0. The Morgan fingerprint density at radius 1 is 1.10 bits per heavy atom. The first-order valence-electron chi connectivity index (χ1n) is 8.10. The van der Waals surface area contributed by atoms with Gasteiger partial charge in [0.2, 0.25) is 0 Å². The summed E-state index contributed by atoms with van der Waals surface area (Å²) in [5.74, 6) is 0. The van der Waals surface area contributed by atoms with E-state index in [1.807, 2.05) is 0 Å². The van der Waals surface area contributed by atoms with E-state index in [2.05, 4.69) is 40.1 Å². The Morgan fingerprint density at radius 3 is 2.62 bits per heavy atom. The van der Waals surface area contributed by atoms with E-state index in [1.165, 1.54) is 18.4 Å². The third kappa shape index (κ3) is 4.04. The summed E-state index contributed by atoms with van der Waals surface area (Å²) in [6.45, 7) is 6.11. The molecule has 0 spiro atoms. The topological polar surface area (TPSA) is 35.9 Å². The van der Waals surface area contributed by atoms with Gasteiger partial charge in [-0.2, -0.15) is 0 Å². The third-order valence-electron chi connectivity index (χ3n) is 4.57. The molecule has 0 saturated carbocycles. The lowest BCUT2D eigenvalue weighted by Crippen LogP contribution is -2.44. The van der Waals surface area contributed by atoms with Gasteiger partial charge in [-0.1, -0.05) is 30.3 Å². The fourth-order valence-corrected chi connectivity index (χ4v) is 3.51. The van der Waals surface area contributed by atoms with Crippen molar-refractivity contribution in [2.24, 2.45) is 0 Å². The summed E-state index contributed by atoms with van der Waals surface area (Å²) in [6, 6.07) is 11.2. The minimum absolute atomic E-state index is 0.271. The molecule has 0 bridgehead atoms. The summed E-state index contributed by atoms with van der Waals surface area (Å²) in [4.78, 5) is 4.75. The molecule has 2 aliphatic rings. The number of β-amino-alcohol motifs (C(OH)–C–C–N with tert-alkyl or cyclic N) is 1. The number of hydrogen-bond donors (Lipinski definition) is 1. The molecule has 3 rings (SSSR count). The van der Waals surface area contributed by atoms with E-state index in [4.69, 9.17) is 4.74 Å². The number of likely N-dealkylation sites (tertiary alicyclic amines) is 1. The van der Waals surface area contributed by atoms with Gasteiger partial charge in [0.15, 0.2) is 0 Å². The van der Waals surface area contributed by atoms with Crippen LogP contribution in [-0.2, 0) is 4.74 Å². The van der Waals surface area contributed by atoms with Crippen LogP contribution in [-0.4, -0.2) is 66.9 Å². The van der Waals surface area contributed by atoms with Gasteiger partial charge in [-0.05, 0) is 24.9 Å². The minimum Gasteiger partial charge on any atom is -0.390 e. The van der Waals surface area contributed by atoms with Crippen LogP contribution < -0.4 is 0 Å². The van der Waals surface area contributed by atoms with Gasteiger partial charge in [-0.25, -0.2) is 0 Å². The first-order chi connectivity index (χ1) is 10.3. The number of rotatable bonds is 5. The van der Waals surface area contributed by atoms with Crippen molar-refractivity contribution >= 4 is 0 Å². The second kappa shape index (κ2) is 7.36. The van der Waals surface area contributed by atoms with Crippen LogP contribution in [0.2, 0.25) is 0 Å². The van der Waals surface area contributed by atoms with Gasteiger partial charge < -0.3 is 9.84 Å². The van der Waals surface area contributed by atoms with Crippen LogP contribution in [0.15, 0.2) is 30.3 Å². The third-order valence-corrected chi connectivity index (χ3v) is 4.57. The summed E-state index contributed by atoms with van der Waals surface area (Å²) in [5, 5.41) is 10.4. The first-order valence-corrected chi connectivity index (χ1v) is 8.10. The molecule has 1 N–H and O–H groups in total. The highest BCUT2D eigenvalue weighted by Gasteiger charge is 2.28. The number of aliphatic hydroxyl groups is 1. The maximum Gasteiger partial charge on any atom is 0.0794 e. The monoisotopic (exact) mass is 290 g/mol. The Balaban J connectivity index is 1.53. The molecule has 0 amide bonds. The number of benzene rings is 1. The molecule has 2 fully saturated rings. The minimum atomic E-state index is -0.271. The molecule has 1 aromatic rings. The van der Waals surface area contributed by atoms with Gasteiger partial charge in [0, 0.05) is 32.2 Å². The average Bonchev–Trinajstić information content (AvgIpc) is 2.97. The van der Waals surface area contributed by atoms with Crippen LogP contribution in [0.4, 0.5) is 0 Å². The summed E-state index contributed by atoms with van der Waals surface area (Å²) in [7, 11) is 0. The molecular weight excluding hydrogens is 264 g/mol. The number of nitrogens with zero attached hydrogens (tertiary/aromatic N) is 2. The molecule has 21 heavy (non-hydrogen) atoms. The predicted molar refractivity (Wildman–Crippen MR) is 83.3 cm³/mol. The summed E-state index contributed by atoms with van der Waals surface area (Å²) in [5.41, 5.74) is 1.38. The van der Waals surface area contributed by atoms with Crippen molar-refractivity contribution in [3.8, 4) is 0 Å². The fourth-order valence-electron chi connectivity index (χ4n) is 3.51. The molecule has 1 aromatic carbocycles. The molecule has 0 radical (unpaired) electrons. The lowest BCUT2D eigenvalue weighted by molar-refractivity contribution is 0.00585. The first kappa shape index (κ1) is 15.0. The van der Waals surface area contributed by atoms with E-state index in [1.54, 1.807) is 0 Å². The molecule has 2 saturated heterocycles. The number of ether oxygens (including phenoxy) is 1. The van der Waals surface area contributed by atoms with Crippen LogP contribution in [0.3, 0.4) is 0 Å². The Bertz CT molecular complexity index is 420. The zero-order chi connectivity index (χ0) is 14.5. The normalized spacial score (nSPS) is 26.0. The molecule has 0 unspecified atom stereocenters. The quantitative estimate of drug-likeness (QED) is 0.892. The molecule has 2 aliphatic heterocycles. The van der Waals surface area contributed by atoms with Crippen LogP contribution >= 0.6 is 0 Å². The highest BCUT2D eigenvalue weighted by molar-refractivity contribution is 5.20. The van der Waals surface area contributed by atoms with Crippen molar-refractivity contribution in [2.75, 3.05) is 45.9 Å². The maximum atomic E-state index is 10.4. The Morgan fingerprint density at radius 2 is 1.86 bits per heavy atom. The van der Waals surface area contributed by atoms with E-state index in [0.717, 1.165) is 45.9 Å². The Hall–Kier alpha value is -0.940. The van der Waals surface area contributed by atoms with Gasteiger partial charge in [0.1, 0.15) is 0 Å². The second-order valence-corrected chi connectivity index (χ2v) is 6.13. The fraction of sp³-hybridized carbons (Fsp3) is 0.647. The average molecular weight is 290 g/mol. The molecule has 2 heterocycles. The van der Waals surface area contributed by atoms with Gasteiger partial charge in [-0.3, -0.25) is 9.80 Å². The smallest absolute Gasteiger partial charge is 0.0794 e. The van der Waals surface area contributed by atoms with Gasteiger partial charge in [0.25, 0.3) is 0 Å². The molecular formula is C17H26N2O2. The molecule has 2 atom stereocenters. The molecule has 0 aliphatic carbocycles. The van der Waals surface area contributed by atoms with Crippen molar-refractivity contribution in [3.63, 3.8) is 0 Å². The molecule has 0 aromatic heterocycles. The van der Waals surface area contributed by atoms with E-state index in [9.17, 15) is 5.11 Å². The van der Waals surface area contributed by atoms with Crippen LogP contribution in [0.5, 0.6) is 0 Å². The van der Waals surface area contributed by atoms with Crippen LogP contribution in [0.1, 0.15) is 24.4 Å². The highest BCUT2D eigenvalue weighted by Crippen LogP contribution is 2.31. The largest absolute Gasteiger partial charge is 0.390 e. The molecule has 116 valence electrons. The van der Waals surface area contributed by atoms with Crippen molar-refractivity contribution in [2.45, 2.75) is 25.0 Å². The SMILES string of the molecule is O[C@@H](CN1CCOCC1)CN1CCC[C@H]1c1ccccc1. The van der Waals surface area contributed by atoms with Gasteiger partial charge in [-0.15, -0.1) is 0 Å². The van der Waals surface area contributed by atoms with Crippen molar-refractivity contribution < 1.29 is 9.84 Å².